The average Bonchev–Trinajstić information content (AvgIpc) is 1.98. The quantitative estimate of drug-likeness (QED) is 0.603. The molecule has 1 aromatic heterocycles. The summed E-state index contributed by atoms with van der Waals surface area (Å²) >= 11 is 0. The highest BCUT2D eigenvalue weighted by atomic mass is 35.5. The van der Waals surface area contributed by atoms with Crippen molar-refractivity contribution < 1.29 is 4.52 Å². The largest absolute Gasteiger partial charge is 0.394 e. The minimum Gasteiger partial charge on any atom is -0.394 e. The van der Waals surface area contributed by atoms with Gasteiger partial charge in [0.25, 0.3) is 0 Å². The monoisotopic (exact) mass is 148 g/mol. The van der Waals surface area contributed by atoms with Crippen LogP contribution in [0.15, 0.2) is 4.52 Å². The van der Waals surface area contributed by atoms with Crippen LogP contribution in [-0.4, -0.2) is 5.16 Å². The lowest BCUT2D eigenvalue weighted by Gasteiger charge is -1.81. The second kappa shape index (κ2) is 2.73. The highest BCUT2D eigenvalue weighted by molar-refractivity contribution is 5.85. The van der Waals surface area contributed by atoms with Crippen LogP contribution in [0.25, 0.3) is 0 Å². The minimum atomic E-state index is 0. The molecule has 9 heavy (non-hydrogen) atoms. The Kier molecular flexibility index (Phi) is 2.52. The van der Waals surface area contributed by atoms with Crippen molar-refractivity contribution in [3.05, 3.63) is 11.5 Å². The van der Waals surface area contributed by atoms with Gasteiger partial charge in [0.05, 0.1) is 5.69 Å². The van der Waals surface area contributed by atoms with Gasteiger partial charge in [-0.3, -0.25) is 0 Å². The third-order valence-electron chi connectivity index (χ3n) is 1.09. The van der Waals surface area contributed by atoms with Gasteiger partial charge in [0.2, 0.25) is 0 Å². The Morgan fingerprint density at radius 2 is 2.00 bits per heavy atom. The van der Waals surface area contributed by atoms with Gasteiger partial charge in [0.1, 0.15) is 5.69 Å². The number of hydrogen-bond donors (Lipinski definition) is 1. The molecule has 0 aliphatic heterocycles. The Morgan fingerprint density at radius 1 is 1.44 bits per heavy atom. The molecule has 0 saturated heterocycles. The van der Waals surface area contributed by atoms with Crippen LogP contribution in [0.1, 0.15) is 11.5 Å². The number of rotatable bonds is 0. The van der Waals surface area contributed by atoms with E-state index in [0.29, 0.717) is 11.4 Å². The normalized spacial score (nSPS) is 8.67. The summed E-state index contributed by atoms with van der Waals surface area (Å²) in [6, 6.07) is 0. The van der Waals surface area contributed by atoms with Gasteiger partial charge >= 0.3 is 0 Å². The third kappa shape index (κ3) is 1.36. The van der Waals surface area contributed by atoms with Crippen LogP contribution in [-0.2, 0) is 0 Å². The molecule has 2 N–H and O–H groups in total. The Balaban J connectivity index is 0.000000640. The number of nitrogen functional groups attached to an aromatic ring is 1. The van der Waals surface area contributed by atoms with Crippen LogP contribution in [0.4, 0.5) is 5.69 Å². The second-order valence-corrected chi connectivity index (χ2v) is 1.74. The van der Waals surface area contributed by atoms with Gasteiger partial charge in [-0.25, -0.2) is 0 Å². The molecule has 0 aliphatic carbocycles. The summed E-state index contributed by atoms with van der Waals surface area (Å²) in [6.45, 7) is 3.60. The highest BCUT2D eigenvalue weighted by Crippen LogP contribution is 2.12. The first-order valence-corrected chi connectivity index (χ1v) is 2.40. The van der Waals surface area contributed by atoms with E-state index in [1.165, 1.54) is 0 Å². The summed E-state index contributed by atoms with van der Waals surface area (Å²) in [5.41, 5.74) is 6.87. The molecular formula is C5H9ClN2O. The molecule has 0 fully saturated rings. The first-order valence-electron chi connectivity index (χ1n) is 2.40. The molecule has 0 saturated carbocycles. The van der Waals surface area contributed by atoms with Crippen molar-refractivity contribution in [3.8, 4) is 0 Å². The summed E-state index contributed by atoms with van der Waals surface area (Å²) in [5, 5.41) is 3.62. The van der Waals surface area contributed by atoms with Crippen molar-refractivity contribution in [3.63, 3.8) is 0 Å². The van der Waals surface area contributed by atoms with E-state index in [9.17, 15) is 0 Å². The molecule has 0 radical (unpaired) electrons. The summed E-state index contributed by atoms with van der Waals surface area (Å²) in [6.07, 6.45) is 0. The van der Waals surface area contributed by atoms with E-state index in [1.54, 1.807) is 6.92 Å². The van der Waals surface area contributed by atoms with Gasteiger partial charge in [-0.05, 0) is 13.8 Å². The average molecular weight is 149 g/mol. The fraction of sp³-hybridized carbons (Fsp3) is 0.400. The molecule has 0 unspecified atom stereocenters. The summed E-state index contributed by atoms with van der Waals surface area (Å²) in [4.78, 5) is 0. The van der Waals surface area contributed by atoms with Crippen molar-refractivity contribution in [2.45, 2.75) is 13.8 Å². The van der Waals surface area contributed by atoms with Crippen molar-refractivity contribution in [2.24, 2.45) is 0 Å². The predicted octanol–water partition coefficient (Wildman–Crippen LogP) is 1.30. The first kappa shape index (κ1) is 8.30. The molecule has 1 rings (SSSR count). The maximum absolute atomic E-state index is 5.45. The van der Waals surface area contributed by atoms with E-state index < -0.39 is 0 Å². The SMILES string of the molecule is Cc1noc(C)c1N.Cl. The number of anilines is 1. The van der Waals surface area contributed by atoms with Crippen molar-refractivity contribution >= 4 is 18.1 Å². The molecule has 52 valence electrons. The summed E-state index contributed by atoms with van der Waals surface area (Å²) < 4.78 is 4.72. The maximum atomic E-state index is 5.45. The molecule has 0 spiro atoms. The van der Waals surface area contributed by atoms with Crippen molar-refractivity contribution in [1.29, 1.82) is 0 Å². The number of nitrogens with zero attached hydrogens (tertiary/aromatic N) is 1. The fourth-order valence-electron chi connectivity index (χ4n) is 0.490. The molecular weight excluding hydrogens is 140 g/mol. The van der Waals surface area contributed by atoms with Crippen LogP contribution >= 0.6 is 12.4 Å². The molecule has 4 heteroatoms. The number of aryl methyl sites for hydroxylation is 2. The van der Waals surface area contributed by atoms with Crippen LogP contribution < -0.4 is 5.73 Å². The Labute approximate surface area is 59.6 Å². The van der Waals surface area contributed by atoms with E-state index in [4.69, 9.17) is 10.3 Å². The Hall–Kier alpha value is -0.700. The number of nitrogens with two attached hydrogens (primary N) is 1. The molecule has 0 aliphatic rings. The zero-order chi connectivity index (χ0) is 6.15. The molecule has 1 aromatic rings. The zero-order valence-electron chi connectivity index (χ0n) is 5.34. The zero-order valence-corrected chi connectivity index (χ0v) is 6.16. The molecule has 0 amide bonds. The number of hydrogen-bond acceptors (Lipinski definition) is 3. The standard InChI is InChI=1S/C5H8N2O.ClH/c1-3-5(6)4(2)8-7-3;/h6H2,1-2H3;1H. The lowest BCUT2D eigenvalue weighted by molar-refractivity contribution is 0.393. The first-order chi connectivity index (χ1) is 3.72. The van der Waals surface area contributed by atoms with E-state index >= 15 is 0 Å². The minimum absolute atomic E-state index is 0. The summed E-state index contributed by atoms with van der Waals surface area (Å²) in [7, 11) is 0. The van der Waals surface area contributed by atoms with Gasteiger partial charge in [0, 0.05) is 0 Å². The summed E-state index contributed by atoms with van der Waals surface area (Å²) in [5.74, 6) is 0.697. The highest BCUT2D eigenvalue weighted by Gasteiger charge is 2.01. The van der Waals surface area contributed by atoms with E-state index in [-0.39, 0.29) is 12.4 Å². The van der Waals surface area contributed by atoms with Gasteiger partial charge < -0.3 is 10.3 Å². The van der Waals surface area contributed by atoms with Crippen molar-refractivity contribution in [1.82, 2.24) is 5.16 Å². The topological polar surface area (TPSA) is 52.0 Å². The lowest BCUT2D eigenvalue weighted by Crippen LogP contribution is -1.85. The van der Waals surface area contributed by atoms with Crippen LogP contribution in [0.5, 0.6) is 0 Å². The smallest absolute Gasteiger partial charge is 0.156 e. The Morgan fingerprint density at radius 3 is 2.11 bits per heavy atom. The molecule has 0 aromatic carbocycles. The molecule has 3 nitrogen and oxygen atoms in total. The van der Waals surface area contributed by atoms with Gasteiger partial charge in [-0.1, -0.05) is 5.16 Å². The number of halogens is 1. The fourth-order valence-corrected chi connectivity index (χ4v) is 0.490. The van der Waals surface area contributed by atoms with Crippen LogP contribution in [0, 0.1) is 13.8 Å². The van der Waals surface area contributed by atoms with Crippen LogP contribution in [0.3, 0.4) is 0 Å². The lowest BCUT2D eigenvalue weighted by atomic mass is 10.3. The predicted molar refractivity (Wildman–Crippen MR) is 37.6 cm³/mol. The van der Waals surface area contributed by atoms with Crippen molar-refractivity contribution in [2.75, 3.05) is 5.73 Å². The van der Waals surface area contributed by atoms with Crippen LogP contribution in [0.2, 0.25) is 0 Å². The molecule has 0 bridgehead atoms. The molecule has 0 atom stereocenters. The third-order valence-corrected chi connectivity index (χ3v) is 1.09. The maximum Gasteiger partial charge on any atom is 0.156 e. The number of aromatic nitrogens is 1. The molecule has 1 heterocycles. The van der Waals surface area contributed by atoms with E-state index in [1.807, 2.05) is 6.92 Å². The van der Waals surface area contributed by atoms with Gasteiger partial charge in [0.15, 0.2) is 5.76 Å². The van der Waals surface area contributed by atoms with E-state index in [2.05, 4.69) is 5.16 Å². The van der Waals surface area contributed by atoms with E-state index in [0.717, 1.165) is 5.69 Å². The van der Waals surface area contributed by atoms with Gasteiger partial charge in [-0.15, -0.1) is 12.4 Å². The van der Waals surface area contributed by atoms with Gasteiger partial charge in [-0.2, -0.15) is 0 Å². The Bertz CT molecular complexity index is 177. The second-order valence-electron chi connectivity index (χ2n) is 1.74.